The van der Waals surface area contributed by atoms with E-state index in [1.807, 2.05) is 0 Å². The Balaban J connectivity index is 2.47. The molecule has 9 heteroatoms. The standard InChI is InChI=1S/C20H30N2O6Si/c1-9-20(12-26-14(3)23)15(28-29(7,8)19(4,5)6)10-16(27-20)22-11-13(2)17(24)21-18(22)25/h1,11,15-16H,10,12H2,2-8H3,(H,21,24,25)/t15-,16?,20-/m1/s1. The maximum atomic E-state index is 12.4. The lowest BCUT2D eigenvalue weighted by Crippen LogP contribution is -2.52. The molecule has 1 aliphatic rings. The van der Waals surface area contributed by atoms with Gasteiger partial charge in [0.15, 0.2) is 13.9 Å². The van der Waals surface area contributed by atoms with Crippen LogP contribution in [0.1, 0.15) is 45.9 Å². The van der Waals surface area contributed by atoms with Crippen LogP contribution in [0.3, 0.4) is 0 Å². The molecule has 3 atom stereocenters. The minimum absolute atomic E-state index is 0.0851. The number of aryl methyl sites for hydroxylation is 1. The summed E-state index contributed by atoms with van der Waals surface area (Å²) in [6, 6.07) is 0. The number of esters is 1. The summed E-state index contributed by atoms with van der Waals surface area (Å²) >= 11 is 0. The highest BCUT2D eigenvalue weighted by Gasteiger charge is 2.53. The predicted octanol–water partition coefficient (Wildman–Crippen LogP) is 2.09. The number of terminal acetylenes is 1. The lowest BCUT2D eigenvalue weighted by atomic mass is 9.99. The fourth-order valence-electron chi connectivity index (χ4n) is 2.89. The second-order valence-corrected chi connectivity index (χ2v) is 13.7. The van der Waals surface area contributed by atoms with Crippen LogP contribution in [0.4, 0.5) is 0 Å². The average molecular weight is 423 g/mol. The van der Waals surface area contributed by atoms with Crippen molar-refractivity contribution in [1.29, 1.82) is 0 Å². The molecule has 1 fully saturated rings. The van der Waals surface area contributed by atoms with Crippen LogP contribution >= 0.6 is 0 Å². The van der Waals surface area contributed by atoms with E-state index in [0.717, 1.165) is 0 Å². The lowest BCUT2D eigenvalue weighted by Gasteiger charge is -2.41. The molecule has 0 bridgehead atoms. The van der Waals surface area contributed by atoms with Crippen LogP contribution in [0.25, 0.3) is 0 Å². The molecule has 2 rings (SSSR count). The average Bonchev–Trinajstić information content (AvgIpc) is 2.93. The molecule has 1 aliphatic heterocycles. The molecule has 1 aromatic rings. The maximum Gasteiger partial charge on any atom is 0.330 e. The molecular formula is C20H30N2O6Si. The van der Waals surface area contributed by atoms with Crippen LogP contribution in [0, 0.1) is 19.3 Å². The van der Waals surface area contributed by atoms with Gasteiger partial charge in [0.2, 0.25) is 0 Å². The van der Waals surface area contributed by atoms with E-state index >= 15 is 0 Å². The Bertz CT molecular complexity index is 936. The van der Waals surface area contributed by atoms with Crippen LogP contribution in [0.2, 0.25) is 18.1 Å². The van der Waals surface area contributed by atoms with Gasteiger partial charge in [-0.2, -0.15) is 0 Å². The van der Waals surface area contributed by atoms with Crippen LogP contribution in [-0.2, 0) is 18.7 Å². The van der Waals surface area contributed by atoms with Gasteiger partial charge in [0.25, 0.3) is 5.56 Å². The van der Waals surface area contributed by atoms with Gasteiger partial charge in [-0.15, -0.1) is 6.42 Å². The fraction of sp³-hybridized carbons (Fsp3) is 0.650. The van der Waals surface area contributed by atoms with Gasteiger partial charge in [-0.3, -0.25) is 19.1 Å². The van der Waals surface area contributed by atoms with E-state index in [1.165, 1.54) is 17.7 Å². The van der Waals surface area contributed by atoms with Crippen molar-refractivity contribution in [2.45, 2.75) is 77.1 Å². The summed E-state index contributed by atoms with van der Waals surface area (Å²) in [5.41, 5.74) is -2.03. The summed E-state index contributed by atoms with van der Waals surface area (Å²) in [6.07, 6.45) is 6.20. The SMILES string of the molecule is C#C[C@]1(COC(C)=O)OC(n2cc(C)c(=O)[nH]c2=O)C[C@H]1O[Si](C)(C)C(C)(C)C. The molecular weight excluding hydrogens is 392 g/mol. The first-order valence-electron chi connectivity index (χ1n) is 9.51. The van der Waals surface area contributed by atoms with E-state index in [-0.39, 0.29) is 18.1 Å². The number of aromatic nitrogens is 2. The van der Waals surface area contributed by atoms with Crippen molar-refractivity contribution in [1.82, 2.24) is 9.55 Å². The van der Waals surface area contributed by atoms with Gasteiger partial charge in [0.1, 0.15) is 12.8 Å². The van der Waals surface area contributed by atoms with E-state index < -0.39 is 43.5 Å². The van der Waals surface area contributed by atoms with Gasteiger partial charge in [0, 0.05) is 25.1 Å². The first-order valence-corrected chi connectivity index (χ1v) is 12.4. The summed E-state index contributed by atoms with van der Waals surface area (Å²) < 4.78 is 19.1. The second kappa shape index (κ2) is 7.93. The van der Waals surface area contributed by atoms with Gasteiger partial charge < -0.3 is 13.9 Å². The molecule has 29 heavy (non-hydrogen) atoms. The first kappa shape index (κ1) is 23.1. The van der Waals surface area contributed by atoms with Gasteiger partial charge in [0.05, 0.1) is 6.10 Å². The fourth-order valence-corrected chi connectivity index (χ4v) is 4.24. The third-order valence-electron chi connectivity index (χ3n) is 5.72. The third kappa shape index (κ3) is 4.71. The molecule has 0 radical (unpaired) electrons. The summed E-state index contributed by atoms with van der Waals surface area (Å²) in [7, 11) is -2.26. The number of aromatic amines is 1. The Morgan fingerprint density at radius 2 is 2.07 bits per heavy atom. The normalized spacial score (nSPS) is 24.9. The van der Waals surface area contributed by atoms with Crippen molar-refractivity contribution in [2.24, 2.45) is 0 Å². The molecule has 1 unspecified atom stereocenters. The molecule has 1 N–H and O–H groups in total. The summed E-state index contributed by atoms with van der Waals surface area (Å²) in [4.78, 5) is 37.8. The monoisotopic (exact) mass is 422 g/mol. The van der Waals surface area contributed by atoms with E-state index in [2.05, 4.69) is 44.8 Å². The highest BCUT2D eigenvalue weighted by molar-refractivity contribution is 6.74. The molecule has 0 aliphatic carbocycles. The number of nitrogens with one attached hydrogen (secondary N) is 1. The summed E-state index contributed by atoms with van der Waals surface area (Å²) in [5, 5.41) is -0.0851. The molecule has 0 spiro atoms. The van der Waals surface area contributed by atoms with Gasteiger partial charge >= 0.3 is 11.7 Å². The van der Waals surface area contributed by atoms with Crippen molar-refractivity contribution >= 4 is 14.3 Å². The smallest absolute Gasteiger partial charge is 0.330 e. The number of nitrogens with zero attached hydrogens (tertiary/aromatic N) is 1. The van der Waals surface area contributed by atoms with Crippen molar-refractivity contribution in [2.75, 3.05) is 6.61 Å². The summed E-state index contributed by atoms with van der Waals surface area (Å²) in [6.45, 7) is 13.2. The first-order chi connectivity index (χ1) is 13.2. The van der Waals surface area contributed by atoms with Gasteiger partial charge in [-0.05, 0) is 25.1 Å². The van der Waals surface area contributed by atoms with Crippen molar-refractivity contribution in [3.05, 3.63) is 32.6 Å². The maximum absolute atomic E-state index is 12.4. The highest BCUT2D eigenvalue weighted by Crippen LogP contribution is 2.44. The molecule has 0 aromatic carbocycles. The lowest BCUT2D eigenvalue weighted by molar-refractivity contribution is -0.153. The van der Waals surface area contributed by atoms with Gasteiger partial charge in [-0.25, -0.2) is 4.79 Å². The van der Waals surface area contributed by atoms with E-state index in [4.69, 9.17) is 20.3 Å². The molecule has 0 amide bonds. The number of rotatable bonds is 5. The molecule has 8 nitrogen and oxygen atoms in total. The van der Waals surface area contributed by atoms with Crippen LogP contribution in [0.5, 0.6) is 0 Å². The Kier molecular flexibility index (Phi) is 6.33. The topological polar surface area (TPSA) is 99.6 Å². The largest absolute Gasteiger partial charge is 0.462 e. The number of carbonyl (C=O) groups excluding carboxylic acids is 1. The van der Waals surface area contributed by atoms with Gasteiger partial charge in [-0.1, -0.05) is 26.7 Å². The number of H-pyrrole nitrogens is 1. The predicted molar refractivity (Wildman–Crippen MR) is 111 cm³/mol. The van der Waals surface area contributed by atoms with E-state index in [9.17, 15) is 14.4 Å². The number of hydrogen-bond donors (Lipinski definition) is 1. The second-order valence-electron chi connectivity index (χ2n) is 8.97. The quantitative estimate of drug-likeness (QED) is 0.443. The third-order valence-corrected chi connectivity index (χ3v) is 10.2. The zero-order valence-electron chi connectivity index (χ0n) is 18.1. The number of ether oxygens (including phenoxy) is 2. The zero-order valence-corrected chi connectivity index (χ0v) is 19.1. The van der Waals surface area contributed by atoms with Crippen LogP contribution in [0.15, 0.2) is 15.8 Å². The Labute approximate surface area is 171 Å². The molecule has 0 saturated carbocycles. The molecule has 160 valence electrons. The van der Waals surface area contributed by atoms with Crippen LogP contribution in [-0.4, -0.2) is 42.1 Å². The number of carbonyl (C=O) groups is 1. The highest BCUT2D eigenvalue weighted by atomic mass is 28.4. The minimum atomic E-state index is -2.26. The van der Waals surface area contributed by atoms with E-state index in [0.29, 0.717) is 5.56 Å². The summed E-state index contributed by atoms with van der Waals surface area (Å²) in [5.74, 6) is 2.12. The Morgan fingerprint density at radius 1 is 1.45 bits per heavy atom. The van der Waals surface area contributed by atoms with Crippen molar-refractivity contribution in [3.63, 3.8) is 0 Å². The molecule has 1 aromatic heterocycles. The Morgan fingerprint density at radius 3 is 2.59 bits per heavy atom. The number of hydrogen-bond acceptors (Lipinski definition) is 6. The van der Waals surface area contributed by atoms with Crippen molar-refractivity contribution in [3.8, 4) is 12.3 Å². The van der Waals surface area contributed by atoms with Crippen LogP contribution < -0.4 is 11.2 Å². The van der Waals surface area contributed by atoms with E-state index in [1.54, 1.807) is 6.92 Å². The molecule has 2 heterocycles. The molecule has 1 saturated heterocycles. The zero-order chi connectivity index (χ0) is 22.2. The Hall–Kier alpha value is -2.15. The van der Waals surface area contributed by atoms with Crippen molar-refractivity contribution < 1.29 is 18.7 Å². The minimum Gasteiger partial charge on any atom is -0.462 e.